The van der Waals surface area contributed by atoms with E-state index in [1.54, 1.807) is 7.11 Å². The van der Waals surface area contributed by atoms with Gasteiger partial charge < -0.3 is 4.74 Å². The Balaban J connectivity index is 2.15. The number of benzene rings is 2. The van der Waals surface area contributed by atoms with Gasteiger partial charge in [0.05, 0.1) is 13.2 Å². The molecule has 0 aromatic heterocycles. The van der Waals surface area contributed by atoms with Crippen LogP contribution in [-0.2, 0) is 0 Å². The predicted octanol–water partition coefficient (Wildman–Crippen LogP) is 3.61. The molecule has 0 amide bonds. The average Bonchev–Trinajstić information content (AvgIpc) is 2.53. The molecule has 2 aromatic rings. The van der Waals surface area contributed by atoms with Crippen LogP contribution in [0.2, 0.25) is 0 Å². The molecule has 0 saturated carbocycles. The summed E-state index contributed by atoms with van der Waals surface area (Å²) in [5.41, 5.74) is 2.07. The first-order valence-corrected chi connectivity index (χ1v) is 6.59. The molecular formula is C17H18N2O. The average molecular weight is 266 g/mol. The van der Waals surface area contributed by atoms with Crippen LogP contribution in [0.3, 0.4) is 0 Å². The van der Waals surface area contributed by atoms with Crippen LogP contribution in [0.4, 0.5) is 0 Å². The van der Waals surface area contributed by atoms with Gasteiger partial charge >= 0.3 is 0 Å². The number of hydrogen-bond acceptors (Lipinski definition) is 3. The third-order valence-corrected chi connectivity index (χ3v) is 3.27. The van der Waals surface area contributed by atoms with Gasteiger partial charge in [0.2, 0.25) is 0 Å². The first-order chi connectivity index (χ1) is 9.74. The van der Waals surface area contributed by atoms with E-state index in [-0.39, 0.29) is 12.1 Å². The summed E-state index contributed by atoms with van der Waals surface area (Å²) in [6, 6.07) is 19.7. The van der Waals surface area contributed by atoms with Crippen LogP contribution >= 0.6 is 0 Å². The summed E-state index contributed by atoms with van der Waals surface area (Å²) >= 11 is 0. The van der Waals surface area contributed by atoms with Crippen LogP contribution in [-0.4, -0.2) is 7.11 Å². The number of rotatable bonds is 5. The van der Waals surface area contributed by atoms with Gasteiger partial charge in [-0.1, -0.05) is 42.5 Å². The van der Waals surface area contributed by atoms with E-state index in [1.165, 1.54) is 0 Å². The summed E-state index contributed by atoms with van der Waals surface area (Å²) < 4.78 is 5.20. The van der Waals surface area contributed by atoms with E-state index >= 15 is 0 Å². The van der Waals surface area contributed by atoms with E-state index < -0.39 is 0 Å². The Morgan fingerprint density at radius 2 is 1.75 bits per heavy atom. The molecule has 0 bridgehead atoms. The maximum absolute atomic E-state index is 9.39. The fraction of sp³-hybridized carbons (Fsp3) is 0.235. The molecule has 0 aliphatic rings. The third kappa shape index (κ3) is 3.37. The van der Waals surface area contributed by atoms with Crippen LogP contribution in [0, 0.1) is 11.3 Å². The lowest BCUT2D eigenvalue weighted by Gasteiger charge is -2.19. The fourth-order valence-electron chi connectivity index (χ4n) is 2.12. The van der Waals surface area contributed by atoms with Crippen LogP contribution in [0.15, 0.2) is 54.6 Å². The summed E-state index contributed by atoms with van der Waals surface area (Å²) in [5.74, 6) is 0.761. The maximum Gasteiger partial charge on any atom is 0.121 e. The normalized spacial score (nSPS) is 13.2. The molecule has 20 heavy (non-hydrogen) atoms. The molecule has 1 N–H and O–H groups in total. The van der Waals surface area contributed by atoms with E-state index in [2.05, 4.69) is 30.4 Å². The Kier molecular flexibility index (Phi) is 4.75. The molecular weight excluding hydrogens is 248 g/mol. The van der Waals surface area contributed by atoms with Crippen molar-refractivity contribution in [1.29, 1.82) is 5.26 Å². The van der Waals surface area contributed by atoms with Gasteiger partial charge in [-0.25, -0.2) is 0 Å². The Labute approximate surface area is 119 Å². The first kappa shape index (κ1) is 14.1. The third-order valence-electron chi connectivity index (χ3n) is 3.27. The topological polar surface area (TPSA) is 45.0 Å². The number of nitrogens with one attached hydrogen (secondary N) is 1. The molecule has 102 valence electrons. The number of methoxy groups -OCH3 is 1. The molecule has 2 aromatic carbocycles. The molecule has 0 aliphatic carbocycles. The summed E-state index contributed by atoms with van der Waals surface area (Å²) in [5, 5.41) is 12.7. The Hall–Kier alpha value is -2.31. The highest BCUT2D eigenvalue weighted by Gasteiger charge is 2.15. The number of nitrogens with zero attached hydrogens (tertiary/aromatic N) is 1. The smallest absolute Gasteiger partial charge is 0.121 e. The minimum absolute atomic E-state index is 0.104. The van der Waals surface area contributed by atoms with Crippen molar-refractivity contribution in [3.63, 3.8) is 0 Å². The molecule has 0 saturated heterocycles. The Morgan fingerprint density at radius 3 is 2.40 bits per heavy atom. The minimum atomic E-state index is -0.361. The molecule has 0 radical (unpaired) electrons. The van der Waals surface area contributed by atoms with E-state index in [9.17, 15) is 5.26 Å². The van der Waals surface area contributed by atoms with Crippen molar-refractivity contribution in [2.75, 3.05) is 7.11 Å². The molecule has 0 aliphatic heterocycles. The molecule has 3 heteroatoms. The van der Waals surface area contributed by atoms with Crippen molar-refractivity contribution in [3.05, 3.63) is 65.7 Å². The summed E-state index contributed by atoms with van der Waals surface area (Å²) in [6.45, 7) is 2.06. The molecule has 0 heterocycles. The SMILES string of the molecule is COc1cccc([C@@H](C#N)N[C@H](C)c2ccccc2)c1. The summed E-state index contributed by atoms with van der Waals surface area (Å²) in [7, 11) is 1.63. The maximum atomic E-state index is 9.39. The zero-order chi connectivity index (χ0) is 14.4. The molecule has 2 atom stereocenters. The highest BCUT2D eigenvalue weighted by molar-refractivity contribution is 5.33. The monoisotopic (exact) mass is 266 g/mol. The summed E-state index contributed by atoms with van der Waals surface area (Å²) in [6.07, 6.45) is 0. The standard InChI is InChI=1S/C17H18N2O/c1-13(14-7-4-3-5-8-14)19-17(12-18)15-9-6-10-16(11-15)20-2/h3-11,13,17,19H,1-2H3/t13-,17-/m1/s1. The van der Waals surface area contributed by atoms with Crippen molar-refractivity contribution >= 4 is 0 Å². The Morgan fingerprint density at radius 1 is 1.05 bits per heavy atom. The predicted molar refractivity (Wildman–Crippen MR) is 79.3 cm³/mol. The highest BCUT2D eigenvalue weighted by atomic mass is 16.5. The lowest BCUT2D eigenvalue weighted by molar-refractivity contribution is 0.413. The van der Waals surface area contributed by atoms with E-state index in [1.807, 2.05) is 42.5 Å². The second kappa shape index (κ2) is 6.74. The molecule has 2 rings (SSSR count). The van der Waals surface area contributed by atoms with Crippen molar-refractivity contribution in [3.8, 4) is 11.8 Å². The number of ether oxygens (including phenoxy) is 1. The molecule has 0 spiro atoms. The van der Waals surface area contributed by atoms with Crippen molar-refractivity contribution in [2.45, 2.75) is 19.0 Å². The second-order valence-corrected chi connectivity index (χ2v) is 4.64. The van der Waals surface area contributed by atoms with Crippen LogP contribution in [0.1, 0.15) is 30.1 Å². The van der Waals surface area contributed by atoms with E-state index in [4.69, 9.17) is 4.74 Å². The lowest BCUT2D eigenvalue weighted by Crippen LogP contribution is -2.23. The first-order valence-electron chi connectivity index (χ1n) is 6.59. The van der Waals surface area contributed by atoms with Gasteiger partial charge in [0.15, 0.2) is 0 Å². The summed E-state index contributed by atoms with van der Waals surface area (Å²) in [4.78, 5) is 0. The van der Waals surface area contributed by atoms with Crippen LogP contribution in [0.5, 0.6) is 5.75 Å². The van der Waals surface area contributed by atoms with Gasteiger partial charge in [-0.3, -0.25) is 5.32 Å². The zero-order valence-corrected chi connectivity index (χ0v) is 11.7. The largest absolute Gasteiger partial charge is 0.497 e. The molecule has 0 unspecified atom stereocenters. The van der Waals surface area contributed by atoms with Gasteiger partial charge in [-0.15, -0.1) is 0 Å². The highest BCUT2D eigenvalue weighted by Crippen LogP contribution is 2.22. The minimum Gasteiger partial charge on any atom is -0.497 e. The van der Waals surface area contributed by atoms with Crippen molar-refractivity contribution < 1.29 is 4.74 Å². The van der Waals surface area contributed by atoms with Crippen LogP contribution < -0.4 is 10.1 Å². The van der Waals surface area contributed by atoms with Gasteiger partial charge in [0, 0.05) is 6.04 Å². The van der Waals surface area contributed by atoms with Crippen molar-refractivity contribution in [2.24, 2.45) is 0 Å². The lowest BCUT2D eigenvalue weighted by atomic mass is 10.0. The van der Waals surface area contributed by atoms with Gasteiger partial charge in [0.1, 0.15) is 11.8 Å². The van der Waals surface area contributed by atoms with E-state index in [0.717, 1.165) is 16.9 Å². The van der Waals surface area contributed by atoms with E-state index in [0.29, 0.717) is 0 Å². The Bertz CT molecular complexity index is 589. The molecule has 0 fully saturated rings. The fourth-order valence-corrected chi connectivity index (χ4v) is 2.12. The van der Waals surface area contributed by atoms with Crippen molar-refractivity contribution in [1.82, 2.24) is 5.32 Å². The van der Waals surface area contributed by atoms with Gasteiger partial charge in [-0.2, -0.15) is 5.26 Å². The van der Waals surface area contributed by atoms with Gasteiger partial charge in [-0.05, 0) is 30.2 Å². The molecule has 3 nitrogen and oxygen atoms in total. The van der Waals surface area contributed by atoms with Gasteiger partial charge in [0.25, 0.3) is 0 Å². The second-order valence-electron chi connectivity index (χ2n) is 4.64. The number of nitriles is 1. The number of hydrogen-bond donors (Lipinski definition) is 1. The van der Waals surface area contributed by atoms with Crippen LogP contribution in [0.25, 0.3) is 0 Å². The zero-order valence-electron chi connectivity index (χ0n) is 11.7. The quantitative estimate of drug-likeness (QED) is 0.899.